The number of aromatic nitrogens is 3. The normalized spacial score (nSPS) is 15.7. The van der Waals surface area contributed by atoms with Crippen LogP contribution < -0.4 is 4.74 Å². The monoisotopic (exact) mass is 324 g/mol. The third-order valence-electron chi connectivity index (χ3n) is 3.28. The first-order chi connectivity index (χ1) is 10.2. The highest BCUT2D eigenvalue weighted by Gasteiger charge is 2.27. The van der Waals surface area contributed by atoms with E-state index in [1.807, 2.05) is 12.1 Å². The topological polar surface area (TPSA) is 51.1 Å². The molecule has 1 aliphatic heterocycles. The Bertz CT molecular complexity index is 619. The highest BCUT2D eigenvalue weighted by molar-refractivity contribution is 6.29. The van der Waals surface area contributed by atoms with Gasteiger partial charge >= 0.3 is 0 Å². The second-order valence-corrected chi connectivity index (χ2v) is 5.81. The molecule has 0 N–H and O–H groups in total. The van der Waals surface area contributed by atoms with Crippen LogP contribution in [0, 0.1) is 5.92 Å². The summed E-state index contributed by atoms with van der Waals surface area (Å²) in [6.07, 6.45) is 4.79. The molecule has 0 aromatic carbocycles. The average molecular weight is 325 g/mol. The molecule has 7 heteroatoms. The van der Waals surface area contributed by atoms with E-state index < -0.39 is 0 Å². The van der Waals surface area contributed by atoms with E-state index in [9.17, 15) is 0 Å². The molecule has 2 aromatic rings. The van der Waals surface area contributed by atoms with Crippen molar-refractivity contribution in [3.8, 4) is 5.88 Å². The van der Waals surface area contributed by atoms with Crippen LogP contribution in [-0.4, -0.2) is 39.5 Å². The summed E-state index contributed by atoms with van der Waals surface area (Å²) in [5, 5.41) is 0.879. The Hall–Kier alpha value is -1.43. The molecule has 0 unspecified atom stereocenters. The minimum atomic E-state index is 0.345. The maximum absolute atomic E-state index is 5.88. The second kappa shape index (κ2) is 6.56. The Balaban J connectivity index is 1.42. The number of ether oxygens (including phenoxy) is 1. The fourth-order valence-electron chi connectivity index (χ4n) is 2.31. The maximum atomic E-state index is 5.88. The summed E-state index contributed by atoms with van der Waals surface area (Å²) in [6.45, 7) is 3.50. The molecule has 0 amide bonds. The van der Waals surface area contributed by atoms with E-state index >= 15 is 0 Å². The molecule has 0 spiro atoms. The predicted molar refractivity (Wildman–Crippen MR) is 80.6 cm³/mol. The number of likely N-dealkylation sites (tertiary alicyclic amines) is 1. The molecule has 3 rings (SSSR count). The molecule has 0 radical (unpaired) electrons. The first-order valence-electron chi connectivity index (χ1n) is 6.62. The molecule has 1 aliphatic rings. The SMILES string of the molecule is Clc1cc(CN2CC(COc3cncc(Cl)n3)C2)ccn1. The van der Waals surface area contributed by atoms with Gasteiger partial charge in [0.05, 0.1) is 19.0 Å². The van der Waals surface area contributed by atoms with E-state index in [0.29, 0.717) is 28.7 Å². The van der Waals surface area contributed by atoms with Gasteiger partial charge in [0.25, 0.3) is 0 Å². The van der Waals surface area contributed by atoms with E-state index in [0.717, 1.165) is 19.6 Å². The smallest absolute Gasteiger partial charge is 0.233 e. The van der Waals surface area contributed by atoms with Crippen molar-refractivity contribution in [2.45, 2.75) is 6.54 Å². The van der Waals surface area contributed by atoms with Crippen LogP contribution in [0.15, 0.2) is 30.7 Å². The molecule has 21 heavy (non-hydrogen) atoms. The fourth-order valence-corrected chi connectivity index (χ4v) is 2.64. The van der Waals surface area contributed by atoms with Crippen LogP contribution in [0.3, 0.4) is 0 Å². The first-order valence-corrected chi connectivity index (χ1v) is 7.38. The fraction of sp³-hybridized carbons (Fsp3) is 0.357. The quantitative estimate of drug-likeness (QED) is 0.791. The van der Waals surface area contributed by atoms with Crippen LogP contribution in [-0.2, 0) is 6.54 Å². The molecule has 110 valence electrons. The number of hydrogen-bond donors (Lipinski definition) is 0. The van der Waals surface area contributed by atoms with E-state index in [1.54, 1.807) is 12.4 Å². The Morgan fingerprint density at radius 1 is 1.24 bits per heavy atom. The molecule has 0 bridgehead atoms. The Kier molecular flexibility index (Phi) is 4.53. The van der Waals surface area contributed by atoms with Gasteiger partial charge in [0.15, 0.2) is 5.15 Å². The summed E-state index contributed by atoms with van der Waals surface area (Å²) in [5.41, 5.74) is 1.18. The molecule has 3 heterocycles. The van der Waals surface area contributed by atoms with E-state index in [-0.39, 0.29) is 0 Å². The van der Waals surface area contributed by atoms with Crippen LogP contribution in [0.5, 0.6) is 5.88 Å². The Labute approximate surface area is 132 Å². The third kappa shape index (κ3) is 4.03. The van der Waals surface area contributed by atoms with Crippen LogP contribution in [0.25, 0.3) is 0 Å². The largest absolute Gasteiger partial charge is 0.476 e. The van der Waals surface area contributed by atoms with Crippen molar-refractivity contribution in [1.29, 1.82) is 0 Å². The van der Waals surface area contributed by atoms with Crippen molar-refractivity contribution in [2.75, 3.05) is 19.7 Å². The lowest BCUT2D eigenvalue weighted by atomic mass is 10.0. The third-order valence-corrected chi connectivity index (χ3v) is 3.67. The van der Waals surface area contributed by atoms with Gasteiger partial charge in [-0.3, -0.25) is 9.88 Å². The van der Waals surface area contributed by atoms with E-state index in [1.165, 1.54) is 11.8 Å². The number of rotatable bonds is 5. The molecule has 0 atom stereocenters. The first kappa shape index (κ1) is 14.5. The van der Waals surface area contributed by atoms with Gasteiger partial charge < -0.3 is 4.74 Å². The minimum Gasteiger partial charge on any atom is -0.476 e. The molecule has 0 saturated carbocycles. The van der Waals surface area contributed by atoms with Gasteiger partial charge in [0.2, 0.25) is 5.88 Å². The molecule has 5 nitrogen and oxygen atoms in total. The van der Waals surface area contributed by atoms with Crippen LogP contribution in [0.2, 0.25) is 10.3 Å². The maximum Gasteiger partial charge on any atom is 0.233 e. The van der Waals surface area contributed by atoms with Gasteiger partial charge in [-0.15, -0.1) is 0 Å². The summed E-state index contributed by atoms with van der Waals surface area (Å²) < 4.78 is 5.59. The van der Waals surface area contributed by atoms with Gasteiger partial charge in [-0.25, -0.2) is 4.98 Å². The average Bonchev–Trinajstić information content (AvgIpc) is 2.41. The van der Waals surface area contributed by atoms with E-state index in [4.69, 9.17) is 27.9 Å². The van der Waals surface area contributed by atoms with E-state index in [2.05, 4.69) is 19.9 Å². The van der Waals surface area contributed by atoms with Gasteiger partial charge in [-0.1, -0.05) is 23.2 Å². The van der Waals surface area contributed by atoms with Crippen molar-refractivity contribution in [1.82, 2.24) is 19.9 Å². The summed E-state index contributed by atoms with van der Waals surface area (Å²) in [6, 6.07) is 3.88. The van der Waals surface area contributed by atoms with Gasteiger partial charge in [-0.2, -0.15) is 4.98 Å². The molecule has 0 aliphatic carbocycles. The van der Waals surface area contributed by atoms with Gasteiger partial charge in [0, 0.05) is 31.7 Å². The molecule has 2 aromatic heterocycles. The molecule has 1 saturated heterocycles. The minimum absolute atomic E-state index is 0.345. The highest BCUT2D eigenvalue weighted by Crippen LogP contribution is 2.20. The summed E-state index contributed by atoms with van der Waals surface area (Å²) >= 11 is 11.6. The lowest BCUT2D eigenvalue weighted by Crippen LogP contribution is -2.48. The van der Waals surface area contributed by atoms with Crippen molar-refractivity contribution < 1.29 is 4.74 Å². The zero-order chi connectivity index (χ0) is 14.7. The molecular weight excluding hydrogens is 311 g/mol. The lowest BCUT2D eigenvalue weighted by molar-refractivity contribution is 0.0542. The summed E-state index contributed by atoms with van der Waals surface area (Å²) in [7, 11) is 0. The Morgan fingerprint density at radius 2 is 2.10 bits per heavy atom. The summed E-state index contributed by atoms with van der Waals surface area (Å²) in [5.74, 6) is 0.977. The second-order valence-electron chi connectivity index (χ2n) is 5.04. The number of halogens is 2. The predicted octanol–water partition coefficient (Wildman–Crippen LogP) is 2.69. The van der Waals surface area contributed by atoms with Crippen LogP contribution in [0.1, 0.15) is 5.56 Å². The van der Waals surface area contributed by atoms with Crippen LogP contribution >= 0.6 is 23.2 Å². The van der Waals surface area contributed by atoms with Gasteiger partial charge in [-0.05, 0) is 17.7 Å². The van der Waals surface area contributed by atoms with Crippen molar-refractivity contribution in [2.24, 2.45) is 5.92 Å². The van der Waals surface area contributed by atoms with Gasteiger partial charge in [0.1, 0.15) is 5.15 Å². The number of nitrogens with zero attached hydrogens (tertiary/aromatic N) is 4. The van der Waals surface area contributed by atoms with Crippen molar-refractivity contribution in [3.63, 3.8) is 0 Å². The van der Waals surface area contributed by atoms with Crippen LogP contribution in [0.4, 0.5) is 0 Å². The summed E-state index contributed by atoms with van der Waals surface area (Å²) in [4.78, 5) is 14.3. The number of pyridine rings is 1. The zero-order valence-corrected chi connectivity index (χ0v) is 12.8. The molecule has 1 fully saturated rings. The Morgan fingerprint density at radius 3 is 2.86 bits per heavy atom. The molecular formula is C14H14Cl2N4O. The lowest BCUT2D eigenvalue weighted by Gasteiger charge is -2.38. The zero-order valence-electron chi connectivity index (χ0n) is 11.2. The standard InChI is InChI=1S/C14H14Cl2N4O/c15-12-3-10(1-2-18-12)6-20-7-11(8-20)9-21-14-5-17-4-13(16)19-14/h1-5,11H,6-9H2. The highest BCUT2D eigenvalue weighted by atomic mass is 35.5. The van der Waals surface area contributed by atoms with Crippen molar-refractivity contribution >= 4 is 23.2 Å². The number of hydrogen-bond acceptors (Lipinski definition) is 5. The van der Waals surface area contributed by atoms with Crippen molar-refractivity contribution in [3.05, 3.63) is 46.6 Å².